The van der Waals surface area contributed by atoms with Crippen LogP contribution < -0.4 is 4.74 Å². The van der Waals surface area contributed by atoms with Crippen LogP contribution in [0.4, 0.5) is 0 Å². The van der Waals surface area contributed by atoms with Gasteiger partial charge in [0, 0.05) is 18.1 Å². The number of benzene rings is 1. The molecule has 1 aromatic rings. The Kier molecular flexibility index (Phi) is 6.68. The Labute approximate surface area is 137 Å². The first-order valence-electron chi connectivity index (χ1n) is 7.84. The minimum Gasteiger partial charge on any atom is -0.493 e. The number of carbonyl (C=O) groups excluding carboxylic acids is 1. The van der Waals surface area contributed by atoms with Crippen molar-refractivity contribution in [1.29, 1.82) is 0 Å². The number of morpholine rings is 1. The zero-order valence-electron chi connectivity index (χ0n) is 13.3. The molecule has 1 aromatic carbocycles. The lowest BCUT2D eigenvalue weighted by Crippen LogP contribution is -2.45. The number of hydrogen-bond donors (Lipinski definition) is 0. The summed E-state index contributed by atoms with van der Waals surface area (Å²) in [5.74, 6) is 0.605. The molecule has 2 atom stereocenters. The van der Waals surface area contributed by atoms with Crippen molar-refractivity contribution >= 4 is 17.9 Å². The molecule has 0 bridgehead atoms. The molecule has 0 aromatic heterocycles. The highest BCUT2D eigenvalue weighted by molar-refractivity contribution is 6.30. The third kappa shape index (κ3) is 5.27. The van der Waals surface area contributed by atoms with E-state index in [1.807, 2.05) is 0 Å². The Balaban J connectivity index is 1.68. The minimum atomic E-state index is 0.309. The van der Waals surface area contributed by atoms with Crippen molar-refractivity contribution in [2.75, 3.05) is 26.2 Å². The fraction of sp³-hybridized carbons (Fsp3) is 0.588. The van der Waals surface area contributed by atoms with Gasteiger partial charge < -0.3 is 9.47 Å². The maximum Gasteiger partial charge on any atom is 0.153 e. The molecule has 0 saturated carbocycles. The van der Waals surface area contributed by atoms with Crippen LogP contribution in [0.15, 0.2) is 18.2 Å². The predicted molar refractivity (Wildman–Crippen MR) is 88.0 cm³/mol. The summed E-state index contributed by atoms with van der Waals surface area (Å²) in [6, 6.07) is 5.11. The molecule has 0 aliphatic carbocycles. The maximum atomic E-state index is 11.0. The molecule has 122 valence electrons. The second kappa shape index (κ2) is 8.51. The van der Waals surface area contributed by atoms with Crippen molar-refractivity contribution in [3.8, 4) is 5.75 Å². The molecule has 0 amide bonds. The molecule has 1 aliphatic heterocycles. The summed E-state index contributed by atoms with van der Waals surface area (Å²) in [5, 5.41) is 0.546. The molecule has 0 N–H and O–H groups in total. The Hall–Kier alpha value is -1.10. The zero-order valence-corrected chi connectivity index (χ0v) is 14.0. The highest BCUT2D eigenvalue weighted by atomic mass is 35.5. The molecule has 2 rings (SSSR count). The summed E-state index contributed by atoms with van der Waals surface area (Å²) in [5.41, 5.74) is 0.503. The first kappa shape index (κ1) is 17.3. The van der Waals surface area contributed by atoms with Gasteiger partial charge in [-0.05, 0) is 51.4 Å². The van der Waals surface area contributed by atoms with E-state index in [0.717, 1.165) is 38.8 Å². The SMILES string of the molecule is CC1CN(CCCCOc2ccc(Cl)cc2C=O)CC(C)O1. The van der Waals surface area contributed by atoms with Crippen molar-refractivity contribution in [3.63, 3.8) is 0 Å². The molecule has 0 spiro atoms. The van der Waals surface area contributed by atoms with Crippen molar-refractivity contribution < 1.29 is 14.3 Å². The number of hydrogen-bond acceptors (Lipinski definition) is 4. The van der Waals surface area contributed by atoms with E-state index in [1.165, 1.54) is 0 Å². The van der Waals surface area contributed by atoms with E-state index in [2.05, 4.69) is 18.7 Å². The van der Waals surface area contributed by atoms with Gasteiger partial charge in [-0.15, -0.1) is 0 Å². The van der Waals surface area contributed by atoms with E-state index in [-0.39, 0.29) is 0 Å². The lowest BCUT2D eigenvalue weighted by Gasteiger charge is -2.35. The topological polar surface area (TPSA) is 38.8 Å². The van der Waals surface area contributed by atoms with E-state index in [4.69, 9.17) is 21.1 Å². The second-order valence-corrected chi connectivity index (χ2v) is 6.31. The van der Waals surface area contributed by atoms with Crippen LogP contribution in [-0.2, 0) is 4.74 Å². The molecule has 2 unspecified atom stereocenters. The van der Waals surface area contributed by atoms with Gasteiger partial charge in [-0.2, -0.15) is 0 Å². The van der Waals surface area contributed by atoms with Gasteiger partial charge in [0.25, 0.3) is 0 Å². The van der Waals surface area contributed by atoms with Crippen LogP contribution >= 0.6 is 11.6 Å². The van der Waals surface area contributed by atoms with Gasteiger partial charge in [-0.25, -0.2) is 0 Å². The molecule has 5 heteroatoms. The standard InChI is InChI=1S/C17H24ClNO3/c1-13-10-19(11-14(2)22-13)7-3-4-8-21-17-6-5-16(18)9-15(17)12-20/h5-6,9,12-14H,3-4,7-8,10-11H2,1-2H3. The monoisotopic (exact) mass is 325 g/mol. The number of ether oxygens (including phenoxy) is 2. The number of halogens is 1. The lowest BCUT2D eigenvalue weighted by molar-refractivity contribution is -0.0682. The Morgan fingerprint density at radius 1 is 1.32 bits per heavy atom. The predicted octanol–water partition coefficient (Wildman–Crippen LogP) is 3.42. The smallest absolute Gasteiger partial charge is 0.153 e. The normalized spacial score (nSPS) is 22.5. The summed E-state index contributed by atoms with van der Waals surface area (Å²) >= 11 is 5.86. The first-order chi connectivity index (χ1) is 10.6. The number of nitrogens with zero attached hydrogens (tertiary/aromatic N) is 1. The average Bonchev–Trinajstić information content (AvgIpc) is 2.47. The van der Waals surface area contributed by atoms with Gasteiger partial charge in [0.15, 0.2) is 6.29 Å². The number of carbonyl (C=O) groups is 1. The molecule has 4 nitrogen and oxygen atoms in total. The van der Waals surface area contributed by atoms with Gasteiger partial charge in [-0.3, -0.25) is 9.69 Å². The highest BCUT2D eigenvalue weighted by Crippen LogP contribution is 2.21. The quantitative estimate of drug-likeness (QED) is 0.569. The molecule has 1 saturated heterocycles. The Morgan fingerprint density at radius 2 is 2.05 bits per heavy atom. The molecule has 1 aliphatic rings. The molecular formula is C17H24ClNO3. The van der Waals surface area contributed by atoms with E-state index in [1.54, 1.807) is 18.2 Å². The van der Waals surface area contributed by atoms with Crippen molar-refractivity contribution in [1.82, 2.24) is 4.90 Å². The largest absolute Gasteiger partial charge is 0.493 e. The summed E-state index contributed by atoms with van der Waals surface area (Å²) < 4.78 is 11.4. The van der Waals surface area contributed by atoms with E-state index >= 15 is 0 Å². The van der Waals surface area contributed by atoms with Crippen LogP contribution in [0.3, 0.4) is 0 Å². The molecule has 0 radical (unpaired) electrons. The summed E-state index contributed by atoms with van der Waals surface area (Å²) in [6.07, 6.45) is 3.43. The Morgan fingerprint density at radius 3 is 2.73 bits per heavy atom. The summed E-state index contributed by atoms with van der Waals surface area (Å²) in [6.45, 7) is 7.90. The van der Waals surface area contributed by atoms with Gasteiger partial charge in [-0.1, -0.05) is 11.6 Å². The third-order valence-electron chi connectivity index (χ3n) is 3.72. The van der Waals surface area contributed by atoms with Crippen molar-refractivity contribution in [2.24, 2.45) is 0 Å². The van der Waals surface area contributed by atoms with Crippen LogP contribution in [0.1, 0.15) is 37.0 Å². The fourth-order valence-electron chi connectivity index (χ4n) is 2.83. The average molecular weight is 326 g/mol. The van der Waals surface area contributed by atoms with Crippen LogP contribution in [0.25, 0.3) is 0 Å². The van der Waals surface area contributed by atoms with Crippen LogP contribution in [0.2, 0.25) is 5.02 Å². The van der Waals surface area contributed by atoms with Gasteiger partial charge in [0.2, 0.25) is 0 Å². The van der Waals surface area contributed by atoms with Gasteiger partial charge in [0.05, 0.1) is 24.4 Å². The van der Waals surface area contributed by atoms with Crippen LogP contribution in [-0.4, -0.2) is 49.6 Å². The third-order valence-corrected chi connectivity index (χ3v) is 3.96. The Bertz CT molecular complexity index is 485. The van der Waals surface area contributed by atoms with Gasteiger partial charge in [0.1, 0.15) is 5.75 Å². The molecule has 1 fully saturated rings. The minimum absolute atomic E-state index is 0.309. The van der Waals surface area contributed by atoms with E-state index in [9.17, 15) is 4.79 Å². The van der Waals surface area contributed by atoms with Crippen LogP contribution in [0, 0.1) is 0 Å². The first-order valence-corrected chi connectivity index (χ1v) is 8.21. The van der Waals surface area contributed by atoms with Crippen LogP contribution in [0.5, 0.6) is 5.75 Å². The molecular weight excluding hydrogens is 302 g/mol. The highest BCUT2D eigenvalue weighted by Gasteiger charge is 2.21. The summed E-state index contributed by atoms with van der Waals surface area (Å²) in [4.78, 5) is 13.4. The lowest BCUT2D eigenvalue weighted by atomic mass is 10.2. The second-order valence-electron chi connectivity index (χ2n) is 5.87. The number of aldehydes is 1. The molecule has 22 heavy (non-hydrogen) atoms. The van der Waals surface area contributed by atoms with Gasteiger partial charge >= 0.3 is 0 Å². The van der Waals surface area contributed by atoms with Crippen molar-refractivity contribution in [2.45, 2.75) is 38.9 Å². The van der Waals surface area contributed by atoms with E-state index < -0.39 is 0 Å². The van der Waals surface area contributed by atoms with E-state index in [0.29, 0.717) is 35.2 Å². The fourth-order valence-corrected chi connectivity index (χ4v) is 3.01. The summed E-state index contributed by atoms with van der Waals surface area (Å²) in [7, 11) is 0. The maximum absolute atomic E-state index is 11.0. The zero-order chi connectivity index (χ0) is 15.9. The molecule has 1 heterocycles. The number of rotatable bonds is 7. The van der Waals surface area contributed by atoms with Crippen molar-refractivity contribution in [3.05, 3.63) is 28.8 Å². The number of unbranched alkanes of at least 4 members (excludes halogenated alkanes) is 1.